The van der Waals surface area contributed by atoms with E-state index in [4.69, 9.17) is 26.2 Å². The summed E-state index contributed by atoms with van der Waals surface area (Å²) in [6, 6.07) is 5.68. The number of carboxylic acid groups (broad SMARTS) is 1. The number of rotatable bonds is 10. The summed E-state index contributed by atoms with van der Waals surface area (Å²) >= 11 is 6.01. The van der Waals surface area contributed by atoms with Crippen LogP contribution in [0.4, 0.5) is 10.7 Å². The molecule has 0 radical (unpaired) electrons. The van der Waals surface area contributed by atoms with Crippen molar-refractivity contribution in [1.29, 1.82) is 0 Å². The van der Waals surface area contributed by atoms with Crippen LogP contribution in [-0.2, 0) is 14.8 Å². The van der Waals surface area contributed by atoms with E-state index < -0.39 is 33.7 Å². The minimum absolute atomic E-state index is 0.0115. The second-order valence-corrected chi connectivity index (χ2v) is 11.1. The Hall–Kier alpha value is -3.12. The highest BCUT2D eigenvalue weighted by Crippen LogP contribution is 2.21. The molecule has 1 unspecified atom stereocenters. The summed E-state index contributed by atoms with van der Waals surface area (Å²) < 4.78 is 38.5. The maximum atomic E-state index is 12.7. The monoisotopic (exact) mass is 528 g/mol. The maximum absolute atomic E-state index is 12.7. The van der Waals surface area contributed by atoms with E-state index in [1.54, 1.807) is 20.8 Å². The maximum Gasteiger partial charge on any atom is 0.407 e. The number of nitrogens with zero attached hydrogens (tertiary/aromatic N) is 2. The van der Waals surface area contributed by atoms with Gasteiger partial charge in [-0.25, -0.2) is 27.7 Å². The number of sulfonamides is 1. The lowest BCUT2D eigenvalue weighted by molar-refractivity contribution is 0.0478. The Morgan fingerprint density at radius 2 is 1.86 bits per heavy atom. The molecule has 0 spiro atoms. The number of carbonyl (C=O) groups is 2. The molecule has 0 saturated carbocycles. The Kier molecular flexibility index (Phi) is 9.27. The fourth-order valence-corrected chi connectivity index (χ4v) is 4.05. The van der Waals surface area contributed by atoms with Crippen LogP contribution in [0.1, 0.15) is 51.4 Å². The Bertz CT molecular complexity index is 1170. The lowest BCUT2D eigenvalue weighted by atomic mass is 10.0. The molecule has 0 bridgehead atoms. The van der Waals surface area contributed by atoms with Crippen LogP contribution in [-0.4, -0.2) is 53.8 Å². The number of hydrogen-bond donors (Lipinski definition) is 3. The Morgan fingerprint density at radius 3 is 2.46 bits per heavy atom. The van der Waals surface area contributed by atoms with Crippen molar-refractivity contribution >= 4 is 39.6 Å². The molecular weight excluding hydrogens is 500 g/mol. The van der Waals surface area contributed by atoms with E-state index in [9.17, 15) is 18.0 Å². The Labute approximate surface area is 209 Å². The van der Waals surface area contributed by atoms with E-state index in [-0.39, 0.29) is 40.0 Å². The van der Waals surface area contributed by atoms with Crippen LogP contribution in [0.3, 0.4) is 0 Å². The van der Waals surface area contributed by atoms with E-state index in [0.29, 0.717) is 6.42 Å². The topological polar surface area (TPSA) is 157 Å². The fraction of sp³-hybridized carbons (Fsp3) is 0.455. The predicted molar refractivity (Wildman–Crippen MR) is 129 cm³/mol. The van der Waals surface area contributed by atoms with E-state index in [1.807, 2.05) is 13.8 Å². The van der Waals surface area contributed by atoms with Crippen LogP contribution >= 0.6 is 11.6 Å². The normalized spacial score (nSPS) is 12.7. The largest absolute Gasteiger partial charge is 0.478 e. The van der Waals surface area contributed by atoms with Gasteiger partial charge in [0, 0.05) is 6.07 Å². The number of aromatic carboxylic acids is 1. The van der Waals surface area contributed by atoms with Crippen LogP contribution in [0.15, 0.2) is 35.2 Å². The molecule has 192 valence electrons. The van der Waals surface area contributed by atoms with Gasteiger partial charge in [0.15, 0.2) is 0 Å². The van der Waals surface area contributed by atoms with Crippen LogP contribution in [0.5, 0.6) is 5.88 Å². The van der Waals surface area contributed by atoms with Crippen LogP contribution in [0, 0.1) is 5.92 Å². The van der Waals surface area contributed by atoms with Gasteiger partial charge < -0.3 is 19.9 Å². The first kappa shape index (κ1) is 28.1. The first-order chi connectivity index (χ1) is 16.1. The number of ether oxygens (including phenoxy) is 2. The zero-order chi connectivity index (χ0) is 26.4. The number of nitrogens with one attached hydrogen (secondary N) is 2. The number of carbonyl (C=O) groups excluding carboxylic acids is 1. The zero-order valence-electron chi connectivity index (χ0n) is 20.0. The number of anilines is 1. The number of carboxylic acids is 1. The molecule has 1 atom stereocenters. The van der Waals surface area contributed by atoms with Crippen molar-refractivity contribution < 1.29 is 32.6 Å². The van der Waals surface area contributed by atoms with Crippen molar-refractivity contribution in [1.82, 2.24) is 15.3 Å². The minimum Gasteiger partial charge on any atom is -0.478 e. The summed E-state index contributed by atoms with van der Waals surface area (Å²) in [5.74, 6) is -1.43. The van der Waals surface area contributed by atoms with Gasteiger partial charge in [0.1, 0.15) is 17.4 Å². The van der Waals surface area contributed by atoms with Crippen molar-refractivity contribution in [2.75, 3.05) is 11.3 Å². The van der Waals surface area contributed by atoms with Crippen LogP contribution < -0.4 is 14.8 Å². The molecule has 0 aliphatic rings. The third kappa shape index (κ3) is 9.57. The van der Waals surface area contributed by atoms with Crippen molar-refractivity contribution in [2.24, 2.45) is 5.92 Å². The van der Waals surface area contributed by atoms with E-state index >= 15 is 0 Å². The highest BCUT2D eigenvalue weighted by Gasteiger charge is 2.22. The molecule has 0 saturated heterocycles. The molecular formula is C22H29ClN4O7S. The zero-order valence-corrected chi connectivity index (χ0v) is 21.6. The van der Waals surface area contributed by atoms with Crippen molar-refractivity contribution in [3.05, 3.63) is 41.0 Å². The lowest BCUT2D eigenvalue weighted by Crippen LogP contribution is -2.42. The summed E-state index contributed by atoms with van der Waals surface area (Å²) in [6.45, 7) is 9.24. The fourth-order valence-electron chi connectivity index (χ4n) is 2.89. The summed E-state index contributed by atoms with van der Waals surface area (Å²) in [4.78, 5) is 30.9. The van der Waals surface area contributed by atoms with Crippen molar-refractivity contribution in [3.63, 3.8) is 0 Å². The molecule has 1 amide bonds. The molecule has 0 aliphatic carbocycles. The van der Waals surface area contributed by atoms with Gasteiger partial charge >= 0.3 is 12.1 Å². The molecule has 2 aromatic rings. The quantitative estimate of drug-likeness (QED) is 0.388. The molecule has 0 fully saturated rings. The number of aromatic nitrogens is 2. The molecule has 35 heavy (non-hydrogen) atoms. The minimum atomic E-state index is -4.21. The van der Waals surface area contributed by atoms with Gasteiger partial charge in [0.25, 0.3) is 10.0 Å². The van der Waals surface area contributed by atoms with E-state index in [1.165, 1.54) is 24.3 Å². The number of halogens is 1. The average Bonchev–Trinajstić information content (AvgIpc) is 2.69. The summed E-state index contributed by atoms with van der Waals surface area (Å²) in [5.41, 5.74) is -0.860. The lowest BCUT2D eigenvalue weighted by Gasteiger charge is -2.24. The molecule has 13 heteroatoms. The first-order valence-corrected chi connectivity index (χ1v) is 12.5. The molecule has 0 aliphatic heterocycles. The number of hydrogen-bond acceptors (Lipinski definition) is 8. The molecule has 3 N–H and O–H groups in total. The van der Waals surface area contributed by atoms with Gasteiger partial charge in [-0.1, -0.05) is 31.5 Å². The van der Waals surface area contributed by atoms with Gasteiger partial charge in [0.05, 0.1) is 16.5 Å². The third-order valence-electron chi connectivity index (χ3n) is 4.20. The second kappa shape index (κ2) is 11.5. The Balaban J connectivity index is 2.16. The van der Waals surface area contributed by atoms with Gasteiger partial charge in [-0.15, -0.1) is 0 Å². The standard InChI is InChI=1S/C22H29ClN4O7S/c1-13(2)9-15(24-21(30)34-22(3,4)5)12-33-18-11-17(23)25-20(26-18)27-35(31,32)16-8-6-7-14(10-16)19(28)29/h6-8,10-11,13,15H,9,12H2,1-5H3,(H,24,30)(H,28,29)(H,25,26,27). The van der Waals surface area contributed by atoms with Crippen molar-refractivity contribution in [2.45, 2.75) is 57.6 Å². The molecule has 1 aromatic heterocycles. The van der Waals surface area contributed by atoms with Crippen LogP contribution in [0.25, 0.3) is 0 Å². The molecule has 2 rings (SSSR count). The van der Waals surface area contributed by atoms with E-state index in [0.717, 1.165) is 6.07 Å². The van der Waals surface area contributed by atoms with Gasteiger partial charge in [-0.05, 0) is 51.3 Å². The predicted octanol–water partition coefficient (Wildman–Crippen LogP) is 3.95. The summed E-state index contributed by atoms with van der Waals surface area (Å²) in [7, 11) is -4.21. The number of benzene rings is 1. The van der Waals surface area contributed by atoms with Gasteiger partial charge in [0.2, 0.25) is 11.8 Å². The number of amides is 1. The molecule has 1 heterocycles. The number of alkyl carbamates (subject to hydrolysis) is 1. The van der Waals surface area contributed by atoms with Gasteiger partial charge in [-0.3, -0.25) is 0 Å². The summed E-state index contributed by atoms with van der Waals surface area (Å²) in [6.07, 6.45) is -0.0122. The first-order valence-electron chi connectivity index (χ1n) is 10.7. The Morgan fingerprint density at radius 1 is 1.17 bits per heavy atom. The SMILES string of the molecule is CC(C)CC(COc1cc(Cl)nc(NS(=O)(=O)c2cccc(C(=O)O)c2)n1)NC(=O)OC(C)(C)C. The van der Waals surface area contributed by atoms with Crippen LogP contribution in [0.2, 0.25) is 5.15 Å². The average molecular weight is 529 g/mol. The highest BCUT2D eigenvalue weighted by molar-refractivity contribution is 7.92. The summed E-state index contributed by atoms with van der Waals surface area (Å²) in [5, 5.41) is 11.8. The van der Waals surface area contributed by atoms with E-state index in [2.05, 4.69) is 20.0 Å². The molecule has 11 nitrogen and oxygen atoms in total. The van der Waals surface area contributed by atoms with Crippen molar-refractivity contribution in [3.8, 4) is 5.88 Å². The highest BCUT2D eigenvalue weighted by atomic mass is 35.5. The molecule has 1 aromatic carbocycles. The third-order valence-corrected chi connectivity index (χ3v) is 5.72. The smallest absolute Gasteiger partial charge is 0.407 e. The van der Waals surface area contributed by atoms with Gasteiger partial charge in [-0.2, -0.15) is 4.98 Å². The second-order valence-electron chi connectivity index (χ2n) is 9.07.